The molecule has 98 valence electrons. The van der Waals surface area contributed by atoms with Gasteiger partial charge in [0.2, 0.25) is 0 Å². The van der Waals surface area contributed by atoms with Gasteiger partial charge in [-0.05, 0) is 26.0 Å². The Labute approximate surface area is 110 Å². The molecular formula is C13H15ClFNO2. The average Bonchev–Trinajstić information content (AvgIpc) is 2.27. The van der Waals surface area contributed by atoms with Crippen molar-refractivity contribution in [3.8, 4) is 0 Å². The third kappa shape index (κ3) is 2.65. The van der Waals surface area contributed by atoms with Crippen LogP contribution >= 0.6 is 11.6 Å². The molecule has 0 aliphatic carbocycles. The van der Waals surface area contributed by atoms with Crippen LogP contribution in [-0.4, -0.2) is 36.1 Å². The van der Waals surface area contributed by atoms with Gasteiger partial charge >= 0.3 is 0 Å². The number of carbonyl (C=O) groups is 1. The van der Waals surface area contributed by atoms with Gasteiger partial charge in [0.25, 0.3) is 5.91 Å². The van der Waals surface area contributed by atoms with Gasteiger partial charge in [0.05, 0.1) is 22.8 Å². The van der Waals surface area contributed by atoms with E-state index >= 15 is 0 Å². The van der Waals surface area contributed by atoms with Crippen LogP contribution in [0.4, 0.5) is 4.39 Å². The summed E-state index contributed by atoms with van der Waals surface area (Å²) in [5, 5.41) is 0.145. The normalized spacial score (nSPS) is 24.1. The van der Waals surface area contributed by atoms with E-state index in [-0.39, 0.29) is 28.7 Å². The van der Waals surface area contributed by atoms with Gasteiger partial charge in [-0.1, -0.05) is 17.7 Å². The highest BCUT2D eigenvalue weighted by atomic mass is 35.5. The van der Waals surface area contributed by atoms with Gasteiger partial charge < -0.3 is 9.64 Å². The summed E-state index contributed by atoms with van der Waals surface area (Å²) in [4.78, 5) is 13.9. The lowest BCUT2D eigenvalue weighted by Crippen LogP contribution is -2.48. The summed E-state index contributed by atoms with van der Waals surface area (Å²) in [6.07, 6.45) is -0.105. The second kappa shape index (κ2) is 5.24. The Balaban J connectivity index is 2.26. The number of morpholine rings is 1. The van der Waals surface area contributed by atoms with E-state index in [2.05, 4.69) is 0 Å². The summed E-state index contributed by atoms with van der Waals surface area (Å²) in [6, 6.07) is 4.25. The van der Waals surface area contributed by atoms with Gasteiger partial charge in [-0.3, -0.25) is 4.79 Å². The standard InChI is InChI=1S/C13H15ClFNO2/c1-8-6-16(7-9(2)18-8)13(17)12-10(14)4-3-5-11(12)15/h3-5,8-9H,6-7H2,1-2H3/t8-,9+. The summed E-state index contributed by atoms with van der Waals surface area (Å²) in [6.45, 7) is 4.68. The second-order valence-electron chi connectivity index (χ2n) is 4.56. The van der Waals surface area contributed by atoms with Crippen LogP contribution in [0, 0.1) is 5.82 Å². The van der Waals surface area contributed by atoms with E-state index in [1.807, 2.05) is 13.8 Å². The van der Waals surface area contributed by atoms with E-state index in [0.29, 0.717) is 13.1 Å². The lowest BCUT2D eigenvalue weighted by atomic mass is 10.1. The minimum atomic E-state index is -0.584. The van der Waals surface area contributed by atoms with Crippen molar-refractivity contribution in [2.75, 3.05) is 13.1 Å². The van der Waals surface area contributed by atoms with Gasteiger partial charge in [-0.15, -0.1) is 0 Å². The van der Waals surface area contributed by atoms with Crippen molar-refractivity contribution in [2.45, 2.75) is 26.1 Å². The first-order chi connectivity index (χ1) is 8.49. The molecule has 2 rings (SSSR count). The first-order valence-electron chi connectivity index (χ1n) is 5.87. The monoisotopic (exact) mass is 271 g/mol. The topological polar surface area (TPSA) is 29.5 Å². The fraction of sp³-hybridized carbons (Fsp3) is 0.462. The fourth-order valence-corrected chi connectivity index (χ4v) is 2.45. The molecule has 1 heterocycles. The quantitative estimate of drug-likeness (QED) is 0.786. The summed E-state index contributed by atoms with van der Waals surface area (Å²) in [5.74, 6) is -0.959. The Morgan fingerprint density at radius 1 is 1.39 bits per heavy atom. The molecule has 0 saturated carbocycles. The van der Waals surface area contributed by atoms with Crippen molar-refractivity contribution < 1.29 is 13.9 Å². The molecular weight excluding hydrogens is 257 g/mol. The SMILES string of the molecule is C[C@@H]1CN(C(=O)c2c(F)cccc2Cl)C[C@H](C)O1. The van der Waals surface area contributed by atoms with E-state index in [0.717, 1.165) is 0 Å². The maximum Gasteiger partial charge on any atom is 0.258 e. The summed E-state index contributed by atoms with van der Waals surface area (Å²) in [5.41, 5.74) is -0.0551. The number of amides is 1. The second-order valence-corrected chi connectivity index (χ2v) is 4.97. The molecule has 0 spiro atoms. The molecule has 0 unspecified atom stereocenters. The van der Waals surface area contributed by atoms with Gasteiger partial charge in [0.1, 0.15) is 5.82 Å². The van der Waals surface area contributed by atoms with Crippen LogP contribution in [0.2, 0.25) is 5.02 Å². The molecule has 3 nitrogen and oxygen atoms in total. The molecule has 0 aromatic heterocycles. The number of halogens is 2. The van der Waals surface area contributed by atoms with Crippen molar-refractivity contribution in [2.24, 2.45) is 0 Å². The van der Waals surface area contributed by atoms with Crippen molar-refractivity contribution in [3.63, 3.8) is 0 Å². The van der Waals surface area contributed by atoms with E-state index in [1.54, 1.807) is 4.90 Å². The first-order valence-corrected chi connectivity index (χ1v) is 6.25. The maximum absolute atomic E-state index is 13.7. The average molecular weight is 272 g/mol. The van der Waals surface area contributed by atoms with Crippen molar-refractivity contribution in [1.29, 1.82) is 0 Å². The number of ether oxygens (including phenoxy) is 1. The molecule has 1 amide bonds. The molecule has 1 aromatic carbocycles. The lowest BCUT2D eigenvalue weighted by molar-refractivity contribution is -0.0587. The maximum atomic E-state index is 13.7. The van der Waals surface area contributed by atoms with E-state index in [1.165, 1.54) is 18.2 Å². The minimum Gasteiger partial charge on any atom is -0.372 e. The van der Waals surface area contributed by atoms with E-state index < -0.39 is 5.82 Å². The molecule has 1 aromatic rings. The molecule has 0 radical (unpaired) electrons. The molecule has 0 bridgehead atoms. The molecule has 18 heavy (non-hydrogen) atoms. The highest BCUT2D eigenvalue weighted by Crippen LogP contribution is 2.22. The Kier molecular flexibility index (Phi) is 3.88. The fourth-order valence-electron chi connectivity index (χ4n) is 2.20. The number of hydrogen-bond acceptors (Lipinski definition) is 2. The van der Waals surface area contributed by atoms with Crippen LogP contribution < -0.4 is 0 Å². The van der Waals surface area contributed by atoms with Crippen LogP contribution in [0.1, 0.15) is 24.2 Å². The molecule has 5 heteroatoms. The Morgan fingerprint density at radius 2 is 2.00 bits per heavy atom. The third-order valence-electron chi connectivity index (χ3n) is 2.88. The number of hydrogen-bond donors (Lipinski definition) is 0. The zero-order valence-corrected chi connectivity index (χ0v) is 11.1. The Bertz CT molecular complexity index is 436. The molecule has 0 N–H and O–H groups in total. The predicted molar refractivity (Wildman–Crippen MR) is 67.3 cm³/mol. The number of benzene rings is 1. The van der Waals surface area contributed by atoms with Gasteiger partial charge in [-0.2, -0.15) is 0 Å². The van der Waals surface area contributed by atoms with Crippen LogP contribution in [0.15, 0.2) is 18.2 Å². The van der Waals surface area contributed by atoms with Gasteiger partial charge in [-0.25, -0.2) is 4.39 Å². The van der Waals surface area contributed by atoms with Crippen LogP contribution in [0.5, 0.6) is 0 Å². The smallest absolute Gasteiger partial charge is 0.258 e. The third-order valence-corrected chi connectivity index (χ3v) is 3.20. The van der Waals surface area contributed by atoms with Crippen LogP contribution in [0.25, 0.3) is 0 Å². The molecule has 1 aliphatic heterocycles. The Morgan fingerprint density at radius 3 is 2.56 bits per heavy atom. The van der Waals surface area contributed by atoms with Crippen molar-refractivity contribution >= 4 is 17.5 Å². The van der Waals surface area contributed by atoms with Gasteiger partial charge in [0.15, 0.2) is 0 Å². The van der Waals surface area contributed by atoms with Crippen molar-refractivity contribution in [1.82, 2.24) is 4.90 Å². The summed E-state index contributed by atoms with van der Waals surface area (Å²) < 4.78 is 19.2. The summed E-state index contributed by atoms with van der Waals surface area (Å²) >= 11 is 5.90. The number of carbonyl (C=O) groups excluding carboxylic acids is 1. The molecule has 1 saturated heterocycles. The predicted octanol–water partition coefficient (Wildman–Crippen LogP) is 2.73. The minimum absolute atomic E-state index is 0.0525. The van der Waals surface area contributed by atoms with Gasteiger partial charge in [0, 0.05) is 13.1 Å². The first kappa shape index (κ1) is 13.3. The van der Waals surface area contributed by atoms with Crippen LogP contribution in [-0.2, 0) is 4.74 Å². The molecule has 1 fully saturated rings. The van der Waals surface area contributed by atoms with Crippen LogP contribution in [0.3, 0.4) is 0 Å². The highest BCUT2D eigenvalue weighted by Gasteiger charge is 2.29. The molecule has 1 aliphatic rings. The number of nitrogens with zero attached hydrogens (tertiary/aromatic N) is 1. The highest BCUT2D eigenvalue weighted by molar-refractivity contribution is 6.33. The largest absolute Gasteiger partial charge is 0.372 e. The van der Waals surface area contributed by atoms with Crippen molar-refractivity contribution in [3.05, 3.63) is 34.6 Å². The summed E-state index contributed by atoms with van der Waals surface area (Å²) in [7, 11) is 0. The van der Waals surface area contributed by atoms with E-state index in [4.69, 9.17) is 16.3 Å². The zero-order chi connectivity index (χ0) is 13.3. The Hall–Kier alpha value is -1.13. The zero-order valence-electron chi connectivity index (χ0n) is 10.3. The molecule has 2 atom stereocenters. The van der Waals surface area contributed by atoms with E-state index in [9.17, 15) is 9.18 Å². The number of rotatable bonds is 1. The lowest BCUT2D eigenvalue weighted by Gasteiger charge is -2.35.